The lowest BCUT2D eigenvalue weighted by Gasteiger charge is -2.04. The molecular formula is C10H17NO8P3+. The number of nitrogens with one attached hydrogen (secondary N) is 1. The monoisotopic (exact) mass is 372 g/mol. The van der Waals surface area contributed by atoms with E-state index in [-0.39, 0.29) is 13.2 Å². The van der Waals surface area contributed by atoms with Gasteiger partial charge < -0.3 is 14.7 Å². The largest absolute Gasteiger partial charge is 0.657 e. The predicted molar refractivity (Wildman–Crippen MR) is 78.1 cm³/mol. The summed E-state index contributed by atoms with van der Waals surface area (Å²) in [5, 5.41) is 0. The van der Waals surface area contributed by atoms with Gasteiger partial charge in [-0.25, -0.2) is 4.57 Å². The van der Waals surface area contributed by atoms with Crippen molar-refractivity contribution < 1.29 is 37.4 Å². The molecule has 0 aliphatic carbocycles. The third-order valence-corrected chi connectivity index (χ3v) is 4.22. The van der Waals surface area contributed by atoms with E-state index in [4.69, 9.17) is 9.79 Å². The van der Waals surface area contributed by atoms with Crippen LogP contribution in [0.1, 0.15) is 12.5 Å². The number of benzene rings is 1. The van der Waals surface area contributed by atoms with Gasteiger partial charge in [0.25, 0.3) is 0 Å². The van der Waals surface area contributed by atoms with Crippen LogP contribution in [0, 0.1) is 0 Å². The first-order chi connectivity index (χ1) is 10.2. The molecule has 1 rings (SSSR count). The Bertz CT molecular complexity index is 506. The van der Waals surface area contributed by atoms with Gasteiger partial charge in [0.15, 0.2) is 0 Å². The van der Waals surface area contributed by atoms with Crippen molar-refractivity contribution in [3.8, 4) is 0 Å². The van der Waals surface area contributed by atoms with Crippen molar-refractivity contribution in [2.45, 2.75) is 13.3 Å². The lowest BCUT2D eigenvalue weighted by Crippen LogP contribution is -2.00. The van der Waals surface area contributed by atoms with Gasteiger partial charge in [-0.05, 0) is 28.0 Å². The minimum atomic E-state index is -4.30. The van der Waals surface area contributed by atoms with Crippen LogP contribution in [0.15, 0.2) is 30.3 Å². The van der Waals surface area contributed by atoms with Gasteiger partial charge in [-0.2, -0.15) is 0 Å². The van der Waals surface area contributed by atoms with Crippen LogP contribution in [-0.4, -0.2) is 23.0 Å². The van der Waals surface area contributed by atoms with Crippen LogP contribution in [0.25, 0.3) is 0 Å². The molecule has 0 saturated carbocycles. The zero-order chi connectivity index (χ0) is 17.0. The Labute approximate surface area is 129 Å². The molecule has 0 fully saturated rings. The van der Waals surface area contributed by atoms with Crippen LogP contribution in [0.4, 0.5) is 0 Å². The molecule has 9 nitrogen and oxygen atoms in total. The first-order valence-corrected chi connectivity index (χ1v) is 9.88. The van der Waals surface area contributed by atoms with Gasteiger partial charge in [0, 0.05) is 0 Å². The minimum Gasteiger partial charge on any atom is -0.575 e. The maximum Gasteiger partial charge on any atom is 0.657 e. The van der Waals surface area contributed by atoms with E-state index >= 15 is 0 Å². The molecule has 2 unspecified atom stereocenters. The molecular weight excluding hydrogens is 355 g/mol. The Morgan fingerprint density at radius 3 is 2.32 bits per heavy atom. The molecule has 124 valence electrons. The fourth-order valence-electron chi connectivity index (χ4n) is 1.14. The van der Waals surface area contributed by atoms with E-state index in [0.717, 1.165) is 5.56 Å². The summed E-state index contributed by atoms with van der Waals surface area (Å²) in [4.78, 5) is 28.2. The molecule has 0 spiro atoms. The summed E-state index contributed by atoms with van der Waals surface area (Å²) >= 11 is 0. The first-order valence-electron chi connectivity index (χ1n) is 5.99. The molecule has 2 atom stereocenters. The molecule has 0 heterocycles. The van der Waals surface area contributed by atoms with Gasteiger partial charge in [0.05, 0.1) is 6.61 Å². The Hall–Kier alpha value is -0.590. The highest BCUT2D eigenvalue weighted by molar-refractivity contribution is 7.52. The van der Waals surface area contributed by atoms with Crippen LogP contribution in [-0.2, 0) is 29.2 Å². The zero-order valence-corrected chi connectivity index (χ0v) is 14.4. The fourth-order valence-corrected chi connectivity index (χ4v) is 2.47. The van der Waals surface area contributed by atoms with Gasteiger partial charge >= 0.3 is 24.2 Å². The summed E-state index contributed by atoms with van der Waals surface area (Å²) in [6, 6.07) is 9.37. The maximum atomic E-state index is 10.3. The van der Waals surface area contributed by atoms with E-state index in [1.165, 1.54) is 0 Å². The molecule has 0 amide bonds. The summed E-state index contributed by atoms with van der Waals surface area (Å²) in [6.45, 7) is 1.88. The average molecular weight is 372 g/mol. The van der Waals surface area contributed by atoms with Crippen LogP contribution in [0.3, 0.4) is 0 Å². The second kappa shape index (κ2) is 11.9. The molecule has 0 radical (unpaired) electrons. The van der Waals surface area contributed by atoms with E-state index in [1.807, 2.05) is 30.3 Å². The normalized spacial score (nSPS) is 12.2. The number of phosphoric ester groups is 1. The molecule has 0 aromatic heterocycles. The zero-order valence-electron chi connectivity index (χ0n) is 11.7. The minimum absolute atomic E-state index is 0.0360. The number of hydrogen-bond acceptors (Lipinski definition) is 6. The van der Waals surface area contributed by atoms with E-state index < -0.39 is 24.2 Å². The Morgan fingerprint density at radius 2 is 1.86 bits per heavy atom. The lowest BCUT2D eigenvalue weighted by atomic mass is 10.2. The molecule has 1 aromatic rings. The quantitative estimate of drug-likeness (QED) is 0.580. The Kier molecular flexibility index (Phi) is 11.6. The molecule has 3 N–H and O–H groups in total. The number of hydrogen-bond donors (Lipinski definition) is 3. The van der Waals surface area contributed by atoms with Crippen molar-refractivity contribution in [1.29, 1.82) is 0 Å². The van der Waals surface area contributed by atoms with Crippen molar-refractivity contribution in [2.75, 3.05) is 13.2 Å². The Balaban J connectivity index is 0.000000433. The van der Waals surface area contributed by atoms with Crippen molar-refractivity contribution in [1.82, 2.24) is 4.86 Å². The van der Waals surface area contributed by atoms with Gasteiger partial charge in [0.2, 0.25) is 0 Å². The number of rotatable bonds is 8. The summed E-state index contributed by atoms with van der Waals surface area (Å²) in [6.07, 6.45) is 0.506. The van der Waals surface area contributed by atoms with Gasteiger partial charge in [-0.1, -0.05) is 30.3 Å². The Morgan fingerprint density at radius 1 is 1.27 bits per heavy atom. The molecule has 12 heteroatoms. The van der Waals surface area contributed by atoms with Gasteiger partial charge in [0.1, 0.15) is 11.5 Å². The van der Waals surface area contributed by atoms with Crippen LogP contribution in [0.5, 0.6) is 0 Å². The SMILES string of the molecule is CCO[P+](=O)N[P+](=O)[O-].O=P(O)(O)OCCc1ccccc1. The first kappa shape index (κ1) is 21.4. The maximum absolute atomic E-state index is 10.3. The third-order valence-electron chi connectivity index (χ3n) is 1.90. The van der Waals surface area contributed by atoms with E-state index in [0.29, 0.717) is 6.42 Å². The fraction of sp³-hybridized carbons (Fsp3) is 0.400. The topological polar surface area (TPSA) is 145 Å². The predicted octanol–water partition coefficient (Wildman–Crippen LogP) is 1.63. The summed E-state index contributed by atoms with van der Waals surface area (Å²) < 4.78 is 39.0. The van der Waals surface area contributed by atoms with Crippen molar-refractivity contribution >= 4 is 24.2 Å². The molecule has 22 heavy (non-hydrogen) atoms. The molecule has 0 saturated heterocycles. The van der Waals surface area contributed by atoms with E-state index in [2.05, 4.69) is 9.05 Å². The lowest BCUT2D eigenvalue weighted by molar-refractivity contribution is -0.165. The van der Waals surface area contributed by atoms with Crippen LogP contribution < -0.4 is 9.75 Å². The average Bonchev–Trinajstić information content (AvgIpc) is 2.38. The molecule has 0 bridgehead atoms. The van der Waals surface area contributed by atoms with Crippen LogP contribution in [0.2, 0.25) is 0 Å². The van der Waals surface area contributed by atoms with Crippen molar-refractivity contribution in [2.24, 2.45) is 0 Å². The van der Waals surface area contributed by atoms with Crippen molar-refractivity contribution in [3.05, 3.63) is 35.9 Å². The van der Waals surface area contributed by atoms with Crippen molar-refractivity contribution in [3.63, 3.8) is 0 Å². The van der Waals surface area contributed by atoms with E-state index in [9.17, 15) is 18.6 Å². The highest BCUT2D eigenvalue weighted by Crippen LogP contribution is 2.35. The summed E-state index contributed by atoms with van der Waals surface area (Å²) in [7, 11) is -9.33. The number of phosphoric acid groups is 1. The molecule has 0 aliphatic rings. The van der Waals surface area contributed by atoms with Gasteiger partial charge in [-0.15, -0.1) is 4.52 Å². The van der Waals surface area contributed by atoms with E-state index in [1.54, 1.807) is 11.8 Å². The van der Waals surface area contributed by atoms with Gasteiger partial charge in [-0.3, -0.25) is 4.52 Å². The smallest absolute Gasteiger partial charge is 0.575 e. The molecule has 1 aromatic carbocycles. The second-order valence-corrected chi connectivity index (χ2v) is 6.92. The second-order valence-electron chi connectivity index (χ2n) is 3.59. The third kappa shape index (κ3) is 14.4. The standard InChI is InChI=1S/C8H11O4P.C2H6NO4P2/c9-13(10,11)12-7-6-8-4-2-1-3-5-8;1-2-7-9(6)3-8(4)5/h1-5H,6-7H2,(H2,9,10,11);2H2,1H3,(H,3,4,5,6)/q;+1. The highest BCUT2D eigenvalue weighted by atomic mass is 31.2. The highest BCUT2D eigenvalue weighted by Gasteiger charge is 2.24. The summed E-state index contributed by atoms with van der Waals surface area (Å²) in [5.74, 6) is 0. The summed E-state index contributed by atoms with van der Waals surface area (Å²) in [5.41, 5.74) is 0.996. The molecule has 0 aliphatic heterocycles. The van der Waals surface area contributed by atoms with Crippen LogP contribution >= 0.6 is 24.2 Å².